The lowest BCUT2D eigenvalue weighted by Gasteiger charge is -2.13. The lowest BCUT2D eigenvalue weighted by atomic mass is 10.2. The van der Waals surface area contributed by atoms with Gasteiger partial charge >= 0.3 is 0 Å². The van der Waals surface area contributed by atoms with Crippen LogP contribution in [0.15, 0.2) is 29.3 Å². The van der Waals surface area contributed by atoms with E-state index in [4.69, 9.17) is 22.6 Å². The molecule has 6 nitrogen and oxygen atoms in total. The minimum absolute atomic E-state index is 0.0156. The number of halogens is 2. The van der Waals surface area contributed by atoms with Gasteiger partial charge in [-0.2, -0.15) is 10.5 Å². The molecule has 126 valence electrons. The van der Waals surface area contributed by atoms with Crippen LogP contribution in [0.4, 0.5) is 15.9 Å². The summed E-state index contributed by atoms with van der Waals surface area (Å²) in [6.07, 6.45) is 0. The molecule has 0 bridgehead atoms. The van der Waals surface area contributed by atoms with E-state index in [1.54, 1.807) is 6.92 Å². The number of anilines is 2. The highest BCUT2D eigenvalue weighted by Gasteiger charge is 2.20. The van der Waals surface area contributed by atoms with Gasteiger partial charge in [0, 0.05) is 0 Å². The number of nitrogens with one attached hydrogen (secondary N) is 1. The summed E-state index contributed by atoms with van der Waals surface area (Å²) in [6, 6.07) is 8.71. The highest BCUT2D eigenvalue weighted by atomic mass is 35.5. The van der Waals surface area contributed by atoms with Crippen molar-refractivity contribution in [3.8, 4) is 12.1 Å². The smallest absolute Gasteiger partial charge is 0.237 e. The zero-order valence-electron chi connectivity index (χ0n) is 12.9. The zero-order chi connectivity index (χ0) is 18.6. The third-order valence-corrected chi connectivity index (χ3v) is 4.52. The van der Waals surface area contributed by atoms with Crippen molar-refractivity contribution in [3.05, 3.63) is 46.2 Å². The molecule has 0 fully saturated rings. The molecule has 1 atom stereocenters. The summed E-state index contributed by atoms with van der Waals surface area (Å²) < 4.78 is 13.0. The first kappa shape index (κ1) is 18.5. The van der Waals surface area contributed by atoms with Gasteiger partial charge in [0.05, 0.1) is 27.1 Å². The number of aromatic nitrogens is 1. The minimum Gasteiger partial charge on any atom is -0.383 e. The predicted octanol–water partition coefficient (Wildman–Crippen LogP) is 3.32. The topological polar surface area (TPSA) is 116 Å². The second-order valence-corrected chi connectivity index (χ2v) is 6.61. The number of nitrogen functional groups attached to an aromatic ring is 1. The van der Waals surface area contributed by atoms with E-state index < -0.39 is 17.0 Å². The van der Waals surface area contributed by atoms with Gasteiger partial charge in [-0.05, 0) is 31.2 Å². The molecule has 2 rings (SSSR count). The van der Waals surface area contributed by atoms with Crippen molar-refractivity contribution in [1.29, 1.82) is 10.5 Å². The Kier molecular flexibility index (Phi) is 5.81. The summed E-state index contributed by atoms with van der Waals surface area (Å²) in [5.74, 6) is -0.938. The van der Waals surface area contributed by atoms with Gasteiger partial charge < -0.3 is 11.1 Å². The molecule has 25 heavy (non-hydrogen) atoms. The molecule has 9 heteroatoms. The SMILES string of the molecule is C[C@H](Sc1nc(N)c(C#N)cc1C#N)C(=O)Nc1ccc(F)cc1Cl. The predicted molar refractivity (Wildman–Crippen MR) is 93.4 cm³/mol. The number of carbonyl (C=O) groups is 1. The van der Waals surface area contributed by atoms with E-state index in [0.717, 1.165) is 17.8 Å². The molecule has 1 aromatic heterocycles. The van der Waals surface area contributed by atoms with Crippen LogP contribution >= 0.6 is 23.4 Å². The van der Waals surface area contributed by atoms with Crippen molar-refractivity contribution < 1.29 is 9.18 Å². The van der Waals surface area contributed by atoms with Crippen LogP contribution in [0.1, 0.15) is 18.1 Å². The number of nitriles is 2. The van der Waals surface area contributed by atoms with Crippen LogP contribution in [0.3, 0.4) is 0 Å². The third-order valence-electron chi connectivity index (χ3n) is 3.10. The van der Waals surface area contributed by atoms with Crippen molar-refractivity contribution in [3.63, 3.8) is 0 Å². The fourth-order valence-corrected chi connectivity index (χ4v) is 2.91. The van der Waals surface area contributed by atoms with Crippen molar-refractivity contribution in [1.82, 2.24) is 4.98 Å². The maximum absolute atomic E-state index is 13.0. The first-order chi connectivity index (χ1) is 11.8. The van der Waals surface area contributed by atoms with Gasteiger partial charge in [-0.15, -0.1) is 0 Å². The quantitative estimate of drug-likeness (QED) is 0.792. The van der Waals surface area contributed by atoms with Crippen LogP contribution in [0.5, 0.6) is 0 Å². The number of pyridine rings is 1. The van der Waals surface area contributed by atoms with E-state index in [1.165, 1.54) is 18.2 Å². The van der Waals surface area contributed by atoms with E-state index in [2.05, 4.69) is 10.3 Å². The maximum Gasteiger partial charge on any atom is 0.237 e. The van der Waals surface area contributed by atoms with Gasteiger partial charge in [0.2, 0.25) is 5.91 Å². The van der Waals surface area contributed by atoms with Crippen LogP contribution < -0.4 is 11.1 Å². The Balaban J connectivity index is 2.18. The van der Waals surface area contributed by atoms with Gasteiger partial charge in [-0.25, -0.2) is 9.37 Å². The number of rotatable bonds is 4. The molecule has 0 aliphatic carbocycles. The molecule has 1 amide bonds. The molecular formula is C16H11ClFN5OS. The van der Waals surface area contributed by atoms with Gasteiger partial charge in [0.15, 0.2) is 0 Å². The number of hydrogen-bond acceptors (Lipinski definition) is 6. The fourth-order valence-electron chi connectivity index (χ4n) is 1.82. The molecule has 0 aliphatic rings. The lowest BCUT2D eigenvalue weighted by Crippen LogP contribution is -2.23. The molecule has 0 radical (unpaired) electrons. The van der Waals surface area contributed by atoms with E-state index in [0.29, 0.717) is 0 Å². The largest absolute Gasteiger partial charge is 0.383 e. The summed E-state index contributed by atoms with van der Waals surface area (Å²) in [6.45, 7) is 1.61. The number of carbonyl (C=O) groups excluding carboxylic acids is 1. The number of nitrogens with two attached hydrogens (primary N) is 1. The van der Waals surface area contributed by atoms with Crippen molar-refractivity contribution >= 4 is 40.8 Å². The molecule has 3 N–H and O–H groups in total. The zero-order valence-corrected chi connectivity index (χ0v) is 14.5. The summed E-state index contributed by atoms with van der Waals surface area (Å²) in [5, 5.41) is 20.3. The summed E-state index contributed by atoms with van der Waals surface area (Å²) in [5.41, 5.74) is 6.17. The van der Waals surface area contributed by atoms with E-state index >= 15 is 0 Å². The third kappa shape index (κ3) is 4.38. The normalized spacial score (nSPS) is 11.2. The Labute approximate surface area is 152 Å². The van der Waals surface area contributed by atoms with Gasteiger partial charge in [-0.1, -0.05) is 23.4 Å². The number of hydrogen-bond donors (Lipinski definition) is 2. The van der Waals surface area contributed by atoms with Crippen LogP contribution in [-0.2, 0) is 4.79 Å². The van der Waals surface area contributed by atoms with Crippen LogP contribution in [0.2, 0.25) is 5.02 Å². The fraction of sp³-hybridized carbons (Fsp3) is 0.125. The Hall–Kier alpha value is -2.81. The van der Waals surface area contributed by atoms with E-state index in [-0.39, 0.29) is 32.7 Å². The molecule has 0 unspecified atom stereocenters. The standard InChI is InChI=1S/C16H11ClFN5OS/c1-8(15(24)22-13-3-2-11(18)5-12(13)17)25-16-10(7-20)4-9(6-19)14(21)23-16/h2-5,8H,1H3,(H2,21,23)(H,22,24)/t8-/m0/s1. The minimum atomic E-state index is -0.645. The first-order valence-electron chi connectivity index (χ1n) is 6.89. The number of benzene rings is 1. The van der Waals surface area contributed by atoms with Gasteiger partial charge in [0.1, 0.15) is 28.8 Å². The lowest BCUT2D eigenvalue weighted by molar-refractivity contribution is -0.115. The molecule has 0 spiro atoms. The van der Waals surface area contributed by atoms with Crippen LogP contribution in [0, 0.1) is 28.5 Å². The Bertz CT molecular complexity index is 922. The molecule has 1 aromatic carbocycles. The second kappa shape index (κ2) is 7.84. The highest BCUT2D eigenvalue weighted by molar-refractivity contribution is 8.00. The Morgan fingerprint density at radius 2 is 2.04 bits per heavy atom. The number of thioether (sulfide) groups is 1. The average Bonchev–Trinajstić information content (AvgIpc) is 2.57. The van der Waals surface area contributed by atoms with Gasteiger partial charge in [0.25, 0.3) is 0 Å². The van der Waals surface area contributed by atoms with E-state index in [9.17, 15) is 14.4 Å². The molecule has 1 heterocycles. The van der Waals surface area contributed by atoms with E-state index in [1.807, 2.05) is 12.1 Å². The Morgan fingerprint density at radius 3 is 2.64 bits per heavy atom. The molecule has 0 aliphatic heterocycles. The Morgan fingerprint density at radius 1 is 1.36 bits per heavy atom. The van der Waals surface area contributed by atoms with Gasteiger partial charge in [-0.3, -0.25) is 4.79 Å². The molecule has 0 saturated carbocycles. The monoisotopic (exact) mass is 375 g/mol. The first-order valence-corrected chi connectivity index (χ1v) is 8.14. The van der Waals surface area contributed by atoms with Crippen molar-refractivity contribution in [2.75, 3.05) is 11.1 Å². The highest BCUT2D eigenvalue weighted by Crippen LogP contribution is 2.29. The molecule has 0 saturated heterocycles. The maximum atomic E-state index is 13.0. The summed E-state index contributed by atoms with van der Waals surface area (Å²) >= 11 is 6.89. The second-order valence-electron chi connectivity index (χ2n) is 4.87. The van der Waals surface area contributed by atoms with Crippen LogP contribution in [0.25, 0.3) is 0 Å². The number of nitrogens with zero attached hydrogens (tertiary/aromatic N) is 3. The molecular weight excluding hydrogens is 365 g/mol. The molecule has 2 aromatic rings. The van der Waals surface area contributed by atoms with Crippen molar-refractivity contribution in [2.45, 2.75) is 17.2 Å². The summed E-state index contributed by atoms with van der Waals surface area (Å²) in [4.78, 5) is 16.3. The van der Waals surface area contributed by atoms with Crippen LogP contribution in [-0.4, -0.2) is 16.1 Å². The van der Waals surface area contributed by atoms with Crippen molar-refractivity contribution in [2.24, 2.45) is 0 Å². The number of amides is 1. The average molecular weight is 376 g/mol. The summed E-state index contributed by atoms with van der Waals surface area (Å²) in [7, 11) is 0.